The molecule has 0 spiro atoms. The number of benzene rings is 2. The summed E-state index contributed by atoms with van der Waals surface area (Å²) in [5.41, 5.74) is 6.32. The van der Waals surface area contributed by atoms with Gasteiger partial charge in [0.1, 0.15) is 23.5 Å². The Morgan fingerprint density at radius 1 is 0.943 bits per heavy atom. The van der Waals surface area contributed by atoms with E-state index in [4.69, 9.17) is 9.97 Å². The number of rotatable bonds is 5. The van der Waals surface area contributed by atoms with Crippen LogP contribution in [-0.2, 0) is 17.8 Å². The van der Waals surface area contributed by atoms with Gasteiger partial charge in [-0.3, -0.25) is 4.79 Å². The van der Waals surface area contributed by atoms with Gasteiger partial charge in [0.2, 0.25) is 5.95 Å². The second-order valence-corrected chi connectivity index (χ2v) is 8.78. The molecule has 3 heterocycles. The molecule has 2 aromatic heterocycles. The van der Waals surface area contributed by atoms with Crippen LogP contribution >= 0.6 is 0 Å². The summed E-state index contributed by atoms with van der Waals surface area (Å²) in [6.07, 6.45) is 4.52. The van der Waals surface area contributed by atoms with Gasteiger partial charge in [-0.2, -0.15) is 4.98 Å². The van der Waals surface area contributed by atoms with E-state index in [1.807, 2.05) is 24.3 Å². The van der Waals surface area contributed by atoms with E-state index in [-0.39, 0.29) is 12.3 Å². The quantitative estimate of drug-likeness (QED) is 0.460. The third-order valence-electron chi connectivity index (χ3n) is 6.62. The van der Waals surface area contributed by atoms with Crippen molar-refractivity contribution in [3.8, 4) is 5.75 Å². The van der Waals surface area contributed by atoms with Crippen LogP contribution in [-0.4, -0.2) is 61.9 Å². The molecule has 9 nitrogen and oxygen atoms in total. The second kappa shape index (κ2) is 8.43. The predicted molar refractivity (Wildman–Crippen MR) is 133 cm³/mol. The molecule has 1 fully saturated rings. The highest BCUT2D eigenvalue weighted by molar-refractivity contribution is 5.94. The lowest BCUT2D eigenvalue weighted by Gasteiger charge is -2.36. The molecule has 1 aliphatic heterocycles. The number of carboxylic acid groups (broad SMARTS) is 1. The van der Waals surface area contributed by atoms with Crippen LogP contribution in [0.15, 0.2) is 60.9 Å². The van der Waals surface area contributed by atoms with E-state index < -0.39 is 5.97 Å². The Balaban J connectivity index is 1.37. The maximum Gasteiger partial charge on any atom is 0.323 e. The van der Waals surface area contributed by atoms with Crippen molar-refractivity contribution in [2.45, 2.75) is 13.0 Å². The van der Waals surface area contributed by atoms with Gasteiger partial charge in [0, 0.05) is 37.4 Å². The average Bonchev–Trinajstić information content (AvgIpc) is 3.48. The Hall–Kier alpha value is -4.40. The molecule has 0 atom stereocenters. The van der Waals surface area contributed by atoms with Gasteiger partial charge in [-0.15, -0.1) is 0 Å². The SMILES string of the molecule is O=C(O)Cn1cnc2c(C3=CCc4ccccc43)nc(N3CCN(c4ccc(O)cc4)CC3)nc21. The molecular formula is C26H24N6O3. The normalized spacial score (nSPS) is 15.4. The highest BCUT2D eigenvalue weighted by Gasteiger charge is 2.26. The number of aromatic hydroxyl groups is 1. The fourth-order valence-electron chi connectivity index (χ4n) is 4.86. The number of carbonyl (C=O) groups is 1. The minimum Gasteiger partial charge on any atom is -0.508 e. The summed E-state index contributed by atoms with van der Waals surface area (Å²) < 4.78 is 1.57. The number of phenolic OH excluding ortho intramolecular Hbond substituents is 1. The fraction of sp³-hybridized carbons (Fsp3) is 0.231. The van der Waals surface area contributed by atoms with E-state index in [1.54, 1.807) is 16.7 Å². The number of hydrogen-bond acceptors (Lipinski definition) is 7. The minimum absolute atomic E-state index is 0.212. The lowest BCUT2D eigenvalue weighted by Crippen LogP contribution is -2.47. The molecule has 35 heavy (non-hydrogen) atoms. The van der Waals surface area contributed by atoms with Gasteiger partial charge in [-0.25, -0.2) is 9.97 Å². The summed E-state index contributed by atoms with van der Waals surface area (Å²) >= 11 is 0. The van der Waals surface area contributed by atoms with Crippen LogP contribution in [0.3, 0.4) is 0 Å². The number of piperazine rings is 1. The Bertz CT molecular complexity index is 1450. The number of nitrogens with zero attached hydrogens (tertiary/aromatic N) is 6. The third-order valence-corrected chi connectivity index (χ3v) is 6.62. The smallest absolute Gasteiger partial charge is 0.323 e. The van der Waals surface area contributed by atoms with E-state index >= 15 is 0 Å². The molecule has 2 N–H and O–H groups in total. The van der Waals surface area contributed by atoms with Crippen molar-refractivity contribution in [1.82, 2.24) is 19.5 Å². The summed E-state index contributed by atoms with van der Waals surface area (Å²) in [6, 6.07) is 15.5. The molecule has 1 saturated heterocycles. The lowest BCUT2D eigenvalue weighted by molar-refractivity contribution is -0.137. The first-order chi connectivity index (χ1) is 17.1. The molecule has 9 heteroatoms. The zero-order valence-corrected chi connectivity index (χ0v) is 19.0. The maximum absolute atomic E-state index is 11.5. The monoisotopic (exact) mass is 468 g/mol. The zero-order valence-electron chi connectivity index (χ0n) is 19.0. The molecule has 0 bridgehead atoms. The van der Waals surface area contributed by atoms with Crippen molar-refractivity contribution in [1.29, 1.82) is 0 Å². The number of aliphatic carboxylic acids is 1. The number of fused-ring (bicyclic) bond motifs is 2. The largest absolute Gasteiger partial charge is 0.508 e. The van der Waals surface area contributed by atoms with Crippen LogP contribution in [0.4, 0.5) is 11.6 Å². The third kappa shape index (κ3) is 3.84. The Labute approximate surface area is 201 Å². The van der Waals surface area contributed by atoms with Crippen molar-refractivity contribution < 1.29 is 15.0 Å². The molecule has 0 amide bonds. The molecule has 2 aromatic carbocycles. The average molecular weight is 469 g/mol. The van der Waals surface area contributed by atoms with Gasteiger partial charge in [0.25, 0.3) is 0 Å². The van der Waals surface area contributed by atoms with E-state index in [1.165, 1.54) is 11.9 Å². The number of phenols is 1. The Morgan fingerprint density at radius 2 is 1.69 bits per heavy atom. The molecule has 6 rings (SSSR count). The standard InChI is InChI=1S/C26H24N6O3/c33-19-8-6-18(7-9-19)30-11-13-31(14-12-30)26-28-23(21-10-5-17-3-1-2-4-20(17)21)24-25(29-26)32(16-27-24)15-22(34)35/h1-4,6-10,16,33H,5,11-15H2,(H,34,35). The lowest BCUT2D eigenvalue weighted by atomic mass is 10.0. The minimum atomic E-state index is -0.945. The van der Waals surface area contributed by atoms with Gasteiger partial charge >= 0.3 is 5.97 Å². The molecule has 4 aromatic rings. The topological polar surface area (TPSA) is 108 Å². The number of allylic oxidation sites excluding steroid dienone is 1. The van der Waals surface area contributed by atoms with E-state index in [9.17, 15) is 15.0 Å². The predicted octanol–water partition coefficient (Wildman–Crippen LogP) is 2.93. The zero-order chi connectivity index (χ0) is 23.9. The molecule has 0 radical (unpaired) electrons. The molecule has 2 aliphatic rings. The fourth-order valence-corrected chi connectivity index (χ4v) is 4.86. The number of hydrogen-bond donors (Lipinski definition) is 2. The van der Waals surface area contributed by atoms with Crippen LogP contribution in [0.2, 0.25) is 0 Å². The molecule has 0 saturated carbocycles. The summed E-state index contributed by atoms with van der Waals surface area (Å²) in [6.45, 7) is 2.78. The van der Waals surface area contributed by atoms with E-state index in [0.717, 1.165) is 42.0 Å². The summed E-state index contributed by atoms with van der Waals surface area (Å²) in [7, 11) is 0. The second-order valence-electron chi connectivity index (χ2n) is 8.78. The number of carboxylic acids is 1. The summed E-state index contributed by atoms with van der Waals surface area (Å²) in [5, 5.41) is 19.0. The number of anilines is 2. The first kappa shape index (κ1) is 21.2. The van der Waals surface area contributed by atoms with Gasteiger partial charge < -0.3 is 24.6 Å². The van der Waals surface area contributed by atoms with Crippen LogP contribution in [0.1, 0.15) is 16.8 Å². The van der Waals surface area contributed by atoms with Crippen molar-refractivity contribution in [2.75, 3.05) is 36.0 Å². The highest BCUT2D eigenvalue weighted by Crippen LogP contribution is 2.35. The number of imidazole rings is 1. The van der Waals surface area contributed by atoms with E-state index in [2.05, 4.69) is 33.0 Å². The Morgan fingerprint density at radius 3 is 2.46 bits per heavy atom. The molecule has 176 valence electrons. The van der Waals surface area contributed by atoms with Crippen LogP contribution in [0.5, 0.6) is 5.75 Å². The first-order valence-electron chi connectivity index (χ1n) is 11.6. The number of aromatic nitrogens is 4. The molecule has 1 aliphatic carbocycles. The maximum atomic E-state index is 11.5. The van der Waals surface area contributed by atoms with Crippen molar-refractivity contribution in [3.63, 3.8) is 0 Å². The Kier molecular flexibility index (Phi) is 5.09. The van der Waals surface area contributed by atoms with Crippen LogP contribution < -0.4 is 9.80 Å². The molecule has 0 unspecified atom stereocenters. The van der Waals surface area contributed by atoms with Gasteiger partial charge in [-0.1, -0.05) is 30.3 Å². The van der Waals surface area contributed by atoms with Crippen LogP contribution in [0, 0.1) is 0 Å². The van der Waals surface area contributed by atoms with Gasteiger partial charge in [0.05, 0.1) is 6.33 Å². The van der Waals surface area contributed by atoms with Gasteiger partial charge in [-0.05, 0) is 41.8 Å². The van der Waals surface area contributed by atoms with Crippen molar-refractivity contribution in [2.24, 2.45) is 0 Å². The van der Waals surface area contributed by atoms with Crippen LogP contribution in [0.25, 0.3) is 16.7 Å². The summed E-state index contributed by atoms with van der Waals surface area (Å²) in [4.78, 5) is 30.1. The van der Waals surface area contributed by atoms with Crippen molar-refractivity contribution >= 4 is 34.3 Å². The van der Waals surface area contributed by atoms with Gasteiger partial charge in [0.15, 0.2) is 5.65 Å². The van der Waals surface area contributed by atoms with E-state index in [0.29, 0.717) is 30.2 Å². The first-order valence-corrected chi connectivity index (χ1v) is 11.6. The molecular weight excluding hydrogens is 444 g/mol. The summed E-state index contributed by atoms with van der Waals surface area (Å²) in [5.74, 6) is -0.114. The van der Waals surface area contributed by atoms with Crippen molar-refractivity contribution in [3.05, 3.63) is 77.8 Å². The highest BCUT2D eigenvalue weighted by atomic mass is 16.4.